The van der Waals surface area contributed by atoms with Gasteiger partial charge in [0.25, 0.3) is 5.78 Å². The van der Waals surface area contributed by atoms with Gasteiger partial charge in [-0.05, 0) is 59.5 Å². The summed E-state index contributed by atoms with van der Waals surface area (Å²) in [5, 5.41) is 23.2. The highest BCUT2D eigenvalue weighted by atomic mass is 35.5. The Morgan fingerprint density at radius 2 is 1.76 bits per heavy atom. The number of ketones is 1. The fourth-order valence-electron chi connectivity index (χ4n) is 5.07. The van der Waals surface area contributed by atoms with Gasteiger partial charge < -0.3 is 5.11 Å². The molecule has 1 fully saturated rings. The number of Topliss-reactive ketones (excluding diaryl/α,β-unsaturated/α-hetero) is 1. The fourth-order valence-corrected chi connectivity index (χ4v) is 7.14. The molecule has 0 bridgehead atoms. The van der Waals surface area contributed by atoms with E-state index < -0.39 is 17.7 Å². The van der Waals surface area contributed by atoms with Gasteiger partial charge in [-0.25, -0.2) is 0 Å². The molecule has 1 N–H and O–H groups in total. The molecular weight excluding hydrogens is 574 g/mol. The van der Waals surface area contributed by atoms with E-state index in [1.165, 1.54) is 33.4 Å². The zero-order valence-corrected chi connectivity index (χ0v) is 24.6. The predicted molar refractivity (Wildman–Crippen MR) is 166 cm³/mol. The van der Waals surface area contributed by atoms with Crippen molar-refractivity contribution in [2.75, 3.05) is 4.90 Å². The third-order valence-corrected chi connectivity index (χ3v) is 9.43. The molecule has 1 unspecified atom stereocenters. The zero-order chi connectivity index (χ0) is 28.7. The summed E-state index contributed by atoms with van der Waals surface area (Å²) in [5.41, 5.74) is 3.95. The number of aryl methyl sites for hydroxylation is 2. The molecule has 1 atom stereocenters. The number of rotatable bonds is 6. The molecule has 4 aromatic carbocycles. The number of hydrogen-bond donors (Lipinski definition) is 1. The van der Waals surface area contributed by atoms with Crippen LogP contribution in [0.5, 0.6) is 0 Å². The molecule has 2 heterocycles. The molecule has 1 amide bonds. The summed E-state index contributed by atoms with van der Waals surface area (Å²) < 4.78 is 0.661. The Labute approximate surface area is 250 Å². The minimum absolute atomic E-state index is 0.00822. The van der Waals surface area contributed by atoms with Crippen molar-refractivity contribution >= 4 is 68.1 Å². The highest BCUT2D eigenvalue weighted by molar-refractivity contribution is 8.00. The largest absolute Gasteiger partial charge is 0.507 e. The second-order valence-electron chi connectivity index (χ2n) is 9.82. The van der Waals surface area contributed by atoms with Gasteiger partial charge in [0.05, 0.1) is 11.6 Å². The maximum Gasteiger partial charge on any atom is 0.301 e. The van der Waals surface area contributed by atoms with Crippen LogP contribution in [-0.2, 0) is 15.3 Å². The Balaban J connectivity index is 1.39. The molecule has 9 heteroatoms. The molecule has 0 aliphatic carbocycles. The lowest BCUT2D eigenvalue weighted by Crippen LogP contribution is -2.29. The normalized spacial score (nSPS) is 16.6. The number of fused-ring (bicyclic) bond motifs is 1. The average molecular weight is 598 g/mol. The van der Waals surface area contributed by atoms with Gasteiger partial charge in [-0.1, -0.05) is 107 Å². The third-order valence-electron chi connectivity index (χ3n) is 7.09. The topological polar surface area (TPSA) is 83.4 Å². The summed E-state index contributed by atoms with van der Waals surface area (Å²) in [4.78, 5) is 28.4. The lowest BCUT2D eigenvalue weighted by atomic mass is 9.93. The van der Waals surface area contributed by atoms with E-state index in [-0.39, 0.29) is 16.5 Å². The van der Waals surface area contributed by atoms with Gasteiger partial charge in [0.15, 0.2) is 4.34 Å². The Bertz CT molecular complexity index is 1860. The van der Waals surface area contributed by atoms with Crippen LogP contribution in [0.1, 0.15) is 33.9 Å². The standard InChI is InChI=1S/C32H24ClN3O3S2/c1-18-13-14-19(2)25(15-18)28(37)26-27(21-9-6-11-23(33)16-21)36(30(39)29(26)38)31-34-35-32(41-31)40-17-22-10-5-8-20-7-3-4-12-24(20)22/h3-16,27,37H,17H2,1-2H3. The fraction of sp³-hybridized carbons (Fsp3) is 0.125. The van der Waals surface area contributed by atoms with Crippen molar-refractivity contribution in [1.82, 2.24) is 10.2 Å². The summed E-state index contributed by atoms with van der Waals surface area (Å²) in [5.74, 6) is -1.12. The first-order chi connectivity index (χ1) is 19.8. The van der Waals surface area contributed by atoms with Crippen LogP contribution >= 0.6 is 34.7 Å². The molecule has 1 aliphatic rings. The van der Waals surface area contributed by atoms with Crippen LogP contribution in [0.2, 0.25) is 5.02 Å². The molecule has 1 aromatic heterocycles. The van der Waals surface area contributed by atoms with Crippen LogP contribution in [0.3, 0.4) is 0 Å². The number of thioether (sulfide) groups is 1. The Kier molecular flexibility index (Phi) is 7.38. The van der Waals surface area contributed by atoms with Crippen molar-refractivity contribution in [2.45, 2.75) is 30.0 Å². The number of nitrogens with zero attached hydrogens (tertiary/aromatic N) is 3. The van der Waals surface area contributed by atoms with E-state index in [2.05, 4.69) is 34.5 Å². The summed E-state index contributed by atoms with van der Waals surface area (Å²) in [6.07, 6.45) is 0. The van der Waals surface area contributed by atoms with Gasteiger partial charge in [-0.3, -0.25) is 14.5 Å². The number of halogens is 1. The van der Waals surface area contributed by atoms with Crippen molar-refractivity contribution in [3.63, 3.8) is 0 Å². The molecule has 1 saturated heterocycles. The van der Waals surface area contributed by atoms with Crippen molar-refractivity contribution in [3.05, 3.63) is 123 Å². The van der Waals surface area contributed by atoms with Crippen molar-refractivity contribution in [1.29, 1.82) is 0 Å². The van der Waals surface area contributed by atoms with Crippen LogP contribution in [-0.4, -0.2) is 27.0 Å². The maximum atomic E-state index is 13.5. The minimum Gasteiger partial charge on any atom is -0.507 e. The van der Waals surface area contributed by atoms with Gasteiger partial charge >= 0.3 is 5.91 Å². The molecular formula is C32H24ClN3O3S2. The second kappa shape index (κ2) is 11.1. The van der Waals surface area contributed by atoms with E-state index in [9.17, 15) is 14.7 Å². The smallest absolute Gasteiger partial charge is 0.301 e. The van der Waals surface area contributed by atoms with Crippen LogP contribution in [0.4, 0.5) is 5.13 Å². The number of carbonyl (C=O) groups excluding carboxylic acids is 2. The molecule has 0 spiro atoms. The van der Waals surface area contributed by atoms with Gasteiger partial charge in [-0.2, -0.15) is 0 Å². The van der Waals surface area contributed by atoms with Crippen molar-refractivity contribution in [2.24, 2.45) is 0 Å². The molecule has 5 aromatic rings. The first kappa shape index (κ1) is 27.2. The number of carbonyl (C=O) groups is 2. The lowest BCUT2D eigenvalue weighted by molar-refractivity contribution is -0.132. The molecule has 6 rings (SSSR count). The number of aliphatic hydroxyl groups is 1. The van der Waals surface area contributed by atoms with Crippen LogP contribution in [0, 0.1) is 13.8 Å². The Hall–Kier alpha value is -3.98. The first-order valence-corrected chi connectivity index (χ1v) is 15.1. The SMILES string of the molecule is Cc1ccc(C)c(C(O)=C2C(=O)C(=O)N(c3nnc(SCc4cccc5ccccc45)s3)C2c2cccc(Cl)c2)c1. The molecule has 6 nitrogen and oxygen atoms in total. The highest BCUT2D eigenvalue weighted by Crippen LogP contribution is 2.45. The van der Waals surface area contributed by atoms with E-state index in [0.717, 1.165) is 22.1 Å². The van der Waals surface area contributed by atoms with E-state index in [1.807, 2.05) is 44.2 Å². The number of hydrogen-bond acceptors (Lipinski definition) is 7. The van der Waals surface area contributed by atoms with Crippen LogP contribution in [0.25, 0.3) is 16.5 Å². The summed E-state index contributed by atoms with van der Waals surface area (Å²) in [7, 11) is 0. The lowest BCUT2D eigenvalue weighted by Gasteiger charge is -2.23. The molecule has 0 radical (unpaired) electrons. The summed E-state index contributed by atoms with van der Waals surface area (Å²) >= 11 is 9.08. The van der Waals surface area contributed by atoms with Crippen LogP contribution in [0.15, 0.2) is 94.8 Å². The van der Waals surface area contributed by atoms with E-state index in [0.29, 0.717) is 26.2 Å². The van der Waals surface area contributed by atoms with Gasteiger partial charge in [-0.15, -0.1) is 10.2 Å². The van der Waals surface area contributed by atoms with Gasteiger partial charge in [0.2, 0.25) is 5.13 Å². The molecule has 1 aliphatic heterocycles. The Morgan fingerprint density at radius 3 is 2.59 bits per heavy atom. The van der Waals surface area contributed by atoms with Gasteiger partial charge in [0.1, 0.15) is 5.76 Å². The monoisotopic (exact) mass is 597 g/mol. The quantitative estimate of drug-likeness (QED) is 0.0705. The minimum atomic E-state index is -0.919. The van der Waals surface area contributed by atoms with E-state index in [1.54, 1.807) is 30.3 Å². The number of anilines is 1. The van der Waals surface area contributed by atoms with E-state index in [4.69, 9.17) is 11.6 Å². The number of aromatic nitrogens is 2. The number of benzene rings is 4. The Morgan fingerprint density at radius 1 is 0.976 bits per heavy atom. The number of aliphatic hydroxyl groups excluding tert-OH is 1. The van der Waals surface area contributed by atoms with E-state index >= 15 is 0 Å². The van der Waals surface area contributed by atoms with Crippen molar-refractivity contribution < 1.29 is 14.7 Å². The van der Waals surface area contributed by atoms with Crippen LogP contribution < -0.4 is 4.90 Å². The first-order valence-electron chi connectivity index (χ1n) is 12.9. The summed E-state index contributed by atoms with van der Waals surface area (Å²) in [6, 6.07) is 26.0. The van der Waals surface area contributed by atoms with Crippen molar-refractivity contribution in [3.8, 4) is 0 Å². The predicted octanol–water partition coefficient (Wildman–Crippen LogP) is 7.88. The zero-order valence-electron chi connectivity index (χ0n) is 22.2. The second-order valence-corrected chi connectivity index (χ2v) is 12.4. The third kappa shape index (κ3) is 5.14. The average Bonchev–Trinajstić information content (AvgIpc) is 3.54. The number of amides is 1. The molecule has 204 valence electrons. The molecule has 0 saturated carbocycles. The highest BCUT2D eigenvalue weighted by Gasteiger charge is 2.48. The summed E-state index contributed by atoms with van der Waals surface area (Å²) in [6.45, 7) is 3.76. The van der Waals surface area contributed by atoms with Gasteiger partial charge in [0, 0.05) is 16.3 Å². The molecule has 41 heavy (non-hydrogen) atoms. The maximum absolute atomic E-state index is 13.5.